The van der Waals surface area contributed by atoms with Crippen molar-refractivity contribution in [3.63, 3.8) is 0 Å². The number of methoxy groups -OCH3 is 2. The molecule has 0 bridgehead atoms. The molecule has 0 spiro atoms. The molecule has 59 heavy (non-hydrogen) atoms. The SMILES string of the molecule is COc1ccc(C23C(=O)N(Nc4ccc(Cl)cc4Cl)C(=O)C2CC2C(=CCC4C(=O)N(C5CCN(Cc6ccccc6)CC5)C(=O)C42)C3c2cccc(OC)c2O)cc1. The molecule has 3 saturated heterocycles. The van der Waals surface area contributed by atoms with Crippen molar-refractivity contribution in [3.05, 3.63) is 129 Å². The molecule has 4 aromatic rings. The van der Waals surface area contributed by atoms with Crippen molar-refractivity contribution in [2.75, 3.05) is 32.7 Å². The Balaban J connectivity index is 1.14. The summed E-state index contributed by atoms with van der Waals surface area (Å²) in [6.45, 7) is 2.30. The van der Waals surface area contributed by atoms with Gasteiger partial charge in [0.05, 0.1) is 48.1 Å². The molecule has 13 heteroatoms. The van der Waals surface area contributed by atoms with Crippen LogP contribution in [0.4, 0.5) is 5.69 Å². The first-order chi connectivity index (χ1) is 28.6. The third-order valence-corrected chi connectivity index (χ3v) is 13.9. The van der Waals surface area contributed by atoms with Gasteiger partial charge in [0.15, 0.2) is 11.5 Å². The van der Waals surface area contributed by atoms with Gasteiger partial charge in [0.2, 0.25) is 11.8 Å². The third-order valence-electron chi connectivity index (χ3n) is 13.3. The van der Waals surface area contributed by atoms with Crippen LogP contribution in [-0.2, 0) is 31.1 Å². The number of carbonyl (C=O) groups is 4. The van der Waals surface area contributed by atoms with Gasteiger partial charge in [-0.2, -0.15) is 5.01 Å². The highest BCUT2D eigenvalue weighted by atomic mass is 35.5. The van der Waals surface area contributed by atoms with Crippen LogP contribution in [0.1, 0.15) is 48.3 Å². The summed E-state index contributed by atoms with van der Waals surface area (Å²) < 4.78 is 11.1. The highest BCUT2D eigenvalue weighted by Crippen LogP contribution is 2.65. The van der Waals surface area contributed by atoms with E-state index in [9.17, 15) is 14.7 Å². The fourth-order valence-electron chi connectivity index (χ4n) is 10.7. The second-order valence-corrected chi connectivity index (χ2v) is 17.0. The van der Waals surface area contributed by atoms with Crippen LogP contribution in [0.3, 0.4) is 0 Å². The number of ether oxygens (including phenoxy) is 2. The number of para-hydroxylation sites is 1. The van der Waals surface area contributed by atoms with Crippen LogP contribution < -0.4 is 14.9 Å². The summed E-state index contributed by atoms with van der Waals surface area (Å²) in [6.07, 6.45) is 3.70. The van der Waals surface area contributed by atoms with E-state index in [0.717, 1.165) is 30.2 Å². The van der Waals surface area contributed by atoms with Crippen LogP contribution in [-0.4, -0.2) is 76.9 Å². The first-order valence-corrected chi connectivity index (χ1v) is 20.8. The van der Waals surface area contributed by atoms with Crippen LogP contribution in [0, 0.1) is 23.7 Å². The summed E-state index contributed by atoms with van der Waals surface area (Å²) in [5.41, 5.74) is 4.52. The molecule has 9 rings (SSSR count). The maximum absolute atomic E-state index is 15.5. The number of likely N-dealkylation sites (tertiary alicyclic amines) is 2. The summed E-state index contributed by atoms with van der Waals surface area (Å²) in [4.78, 5) is 63.8. The second kappa shape index (κ2) is 15.3. The van der Waals surface area contributed by atoms with Crippen molar-refractivity contribution >= 4 is 52.5 Å². The van der Waals surface area contributed by atoms with Gasteiger partial charge in [-0.05, 0) is 79.1 Å². The van der Waals surface area contributed by atoms with E-state index in [2.05, 4.69) is 22.5 Å². The van der Waals surface area contributed by atoms with Gasteiger partial charge in [-0.3, -0.25) is 34.4 Å². The number of nitrogens with zero attached hydrogens (tertiary/aromatic N) is 3. The smallest absolute Gasteiger partial charge is 0.260 e. The number of nitrogens with one attached hydrogen (secondary N) is 1. The minimum absolute atomic E-state index is 0.111. The number of amides is 4. The highest BCUT2D eigenvalue weighted by molar-refractivity contribution is 6.36. The van der Waals surface area contributed by atoms with E-state index in [1.54, 1.807) is 61.7 Å². The Morgan fingerprint density at radius 2 is 1.58 bits per heavy atom. The lowest BCUT2D eigenvalue weighted by Crippen LogP contribution is -2.53. The molecule has 5 aliphatic rings. The van der Waals surface area contributed by atoms with Gasteiger partial charge in [0.1, 0.15) is 5.75 Å². The predicted molar refractivity (Wildman–Crippen MR) is 222 cm³/mol. The first kappa shape index (κ1) is 39.1. The average Bonchev–Trinajstić information content (AvgIpc) is 3.63. The molecule has 4 aromatic carbocycles. The number of phenolic OH excluding ortho intramolecular Hbond substituents is 1. The number of imide groups is 2. The molecular formula is C46H44Cl2N4O7. The second-order valence-electron chi connectivity index (χ2n) is 16.1. The normalized spacial score (nSPS) is 27.0. The van der Waals surface area contributed by atoms with Crippen molar-refractivity contribution < 1.29 is 33.8 Å². The Morgan fingerprint density at radius 3 is 2.27 bits per heavy atom. The number of hydrazine groups is 1. The molecule has 304 valence electrons. The zero-order valence-corrected chi connectivity index (χ0v) is 34.2. The molecule has 4 fully saturated rings. The standard InChI is InChI=1S/C46H44Cl2N4O7/c1-58-30-14-11-27(12-15-30)46-35(43(55)52(45(46)57)49-37-18-13-28(47)23-36(37)48)24-34-31(40(46)33-9-6-10-38(59-2)41(33)53)16-17-32-39(34)44(56)51(42(32)54)29-19-21-50(22-20-29)25-26-7-4-3-5-8-26/h3-16,18,23,29,32,34-35,39-40,49,53H,17,19-22,24-25H2,1-2H3. The van der Waals surface area contributed by atoms with Gasteiger partial charge in [-0.25, -0.2) is 0 Å². The number of rotatable bonds is 9. The molecule has 2 aliphatic carbocycles. The van der Waals surface area contributed by atoms with Crippen LogP contribution in [0.15, 0.2) is 103 Å². The van der Waals surface area contributed by atoms with E-state index >= 15 is 9.59 Å². The Bertz CT molecular complexity index is 2370. The lowest BCUT2D eigenvalue weighted by molar-refractivity contribution is -0.144. The van der Waals surface area contributed by atoms with E-state index < -0.39 is 46.8 Å². The predicted octanol–water partition coefficient (Wildman–Crippen LogP) is 7.37. The zero-order valence-electron chi connectivity index (χ0n) is 32.6. The zero-order chi connectivity index (χ0) is 41.2. The van der Waals surface area contributed by atoms with E-state index in [-0.39, 0.29) is 47.2 Å². The topological polar surface area (TPSA) is 129 Å². The number of benzene rings is 4. The molecule has 11 nitrogen and oxygen atoms in total. The highest BCUT2D eigenvalue weighted by Gasteiger charge is 2.71. The summed E-state index contributed by atoms with van der Waals surface area (Å²) in [6, 6.07) is 26.9. The Kier molecular flexibility index (Phi) is 10.2. The van der Waals surface area contributed by atoms with Gasteiger partial charge in [-0.1, -0.05) is 89.4 Å². The maximum Gasteiger partial charge on any atom is 0.260 e. The lowest BCUT2D eigenvalue weighted by atomic mass is 9.49. The summed E-state index contributed by atoms with van der Waals surface area (Å²) >= 11 is 12.8. The molecule has 3 aliphatic heterocycles. The van der Waals surface area contributed by atoms with Gasteiger partial charge >= 0.3 is 0 Å². The average molecular weight is 836 g/mol. The number of halogens is 2. The van der Waals surface area contributed by atoms with Crippen molar-refractivity contribution in [2.45, 2.75) is 49.6 Å². The maximum atomic E-state index is 15.5. The number of phenols is 1. The minimum atomic E-state index is -1.62. The Morgan fingerprint density at radius 1 is 0.831 bits per heavy atom. The van der Waals surface area contributed by atoms with E-state index in [1.165, 1.54) is 23.6 Å². The minimum Gasteiger partial charge on any atom is -0.504 e. The van der Waals surface area contributed by atoms with Gasteiger partial charge in [0.25, 0.3) is 11.8 Å². The molecular weight excluding hydrogens is 791 g/mol. The van der Waals surface area contributed by atoms with Crippen LogP contribution in [0.5, 0.6) is 17.2 Å². The Labute approximate surface area is 352 Å². The number of fused-ring (bicyclic) bond motifs is 4. The van der Waals surface area contributed by atoms with E-state index in [0.29, 0.717) is 40.4 Å². The van der Waals surface area contributed by atoms with Gasteiger partial charge in [-0.15, -0.1) is 0 Å². The number of piperidine rings is 1. The van der Waals surface area contributed by atoms with Crippen molar-refractivity contribution in [2.24, 2.45) is 23.7 Å². The summed E-state index contributed by atoms with van der Waals surface area (Å²) in [7, 11) is 3.00. The molecule has 3 heterocycles. The molecule has 4 amide bonds. The monoisotopic (exact) mass is 834 g/mol. The van der Waals surface area contributed by atoms with Crippen LogP contribution in [0.25, 0.3) is 0 Å². The molecule has 2 N–H and O–H groups in total. The number of aromatic hydroxyl groups is 1. The van der Waals surface area contributed by atoms with Gasteiger partial charge < -0.3 is 14.6 Å². The number of carbonyl (C=O) groups excluding carboxylic acids is 4. The quantitative estimate of drug-likeness (QED) is 0.131. The fourth-order valence-corrected chi connectivity index (χ4v) is 11.1. The molecule has 6 atom stereocenters. The van der Waals surface area contributed by atoms with Gasteiger partial charge in [0, 0.05) is 42.2 Å². The van der Waals surface area contributed by atoms with Crippen LogP contribution >= 0.6 is 23.2 Å². The van der Waals surface area contributed by atoms with E-state index in [4.69, 9.17) is 32.7 Å². The molecule has 0 radical (unpaired) electrons. The largest absolute Gasteiger partial charge is 0.504 e. The van der Waals surface area contributed by atoms with Crippen molar-refractivity contribution in [3.8, 4) is 17.2 Å². The molecule has 1 saturated carbocycles. The first-order valence-electron chi connectivity index (χ1n) is 20.0. The number of anilines is 1. The molecule has 6 unspecified atom stereocenters. The third kappa shape index (κ3) is 6.28. The van der Waals surface area contributed by atoms with Crippen LogP contribution in [0.2, 0.25) is 10.0 Å². The van der Waals surface area contributed by atoms with Crippen molar-refractivity contribution in [1.29, 1.82) is 0 Å². The van der Waals surface area contributed by atoms with Crippen molar-refractivity contribution in [1.82, 2.24) is 14.8 Å². The number of hydrogen-bond acceptors (Lipinski definition) is 9. The fraction of sp³-hybridized carbons (Fsp3) is 0.348. The number of allylic oxidation sites excluding steroid dienone is 2. The summed E-state index contributed by atoms with van der Waals surface area (Å²) in [5, 5.41) is 13.6. The Hall–Kier alpha value is -5.36. The molecule has 0 aromatic heterocycles. The van der Waals surface area contributed by atoms with E-state index in [1.807, 2.05) is 24.3 Å². The summed E-state index contributed by atoms with van der Waals surface area (Å²) in [5.74, 6) is -4.86. The number of hydrogen-bond donors (Lipinski definition) is 2. The lowest BCUT2D eigenvalue weighted by Gasteiger charge is -2.50.